The second-order valence-corrected chi connectivity index (χ2v) is 9.01. The number of carbonyl (C=O) groups excluding carboxylic acids is 2. The van der Waals surface area contributed by atoms with E-state index in [0.29, 0.717) is 34.9 Å². The van der Waals surface area contributed by atoms with Gasteiger partial charge in [-0.2, -0.15) is 0 Å². The molecule has 38 heavy (non-hydrogen) atoms. The van der Waals surface area contributed by atoms with Gasteiger partial charge in [0.1, 0.15) is 17.3 Å². The predicted molar refractivity (Wildman–Crippen MR) is 150 cm³/mol. The third kappa shape index (κ3) is 5.23. The van der Waals surface area contributed by atoms with E-state index < -0.39 is 17.7 Å². The molecular formula is C31H34N2O5. The van der Waals surface area contributed by atoms with Gasteiger partial charge in [-0.25, -0.2) is 0 Å². The van der Waals surface area contributed by atoms with E-state index in [1.165, 1.54) is 4.90 Å². The number of methoxy groups -OCH3 is 1. The smallest absolute Gasteiger partial charge is 0.300 e. The fourth-order valence-electron chi connectivity index (χ4n) is 4.72. The van der Waals surface area contributed by atoms with E-state index in [4.69, 9.17) is 9.47 Å². The highest BCUT2D eigenvalue weighted by molar-refractivity contribution is 6.51. The first-order chi connectivity index (χ1) is 18.4. The maximum atomic E-state index is 13.5. The van der Waals surface area contributed by atoms with Gasteiger partial charge in [0.05, 0.1) is 25.3 Å². The number of benzene rings is 3. The number of ether oxygens (including phenoxy) is 2. The monoisotopic (exact) mass is 514 g/mol. The summed E-state index contributed by atoms with van der Waals surface area (Å²) >= 11 is 0. The van der Waals surface area contributed by atoms with Crippen molar-refractivity contribution in [1.82, 2.24) is 0 Å². The summed E-state index contributed by atoms with van der Waals surface area (Å²) in [5.41, 5.74) is 2.72. The van der Waals surface area contributed by atoms with Gasteiger partial charge in [-0.3, -0.25) is 14.5 Å². The first-order valence-corrected chi connectivity index (χ1v) is 13.0. The first-order valence-electron chi connectivity index (χ1n) is 13.0. The van der Waals surface area contributed by atoms with E-state index in [9.17, 15) is 14.7 Å². The van der Waals surface area contributed by atoms with Crippen LogP contribution in [-0.2, 0) is 9.59 Å². The lowest BCUT2D eigenvalue weighted by Crippen LogP contribution is -2.29. The number of rotatable bonds is 10. The van der Waals surface area contributed by atoms with Gasteiger partial charge < -0.3 is 19.5 Å². The van der Waals surface area contributed by atoms with E-state index in [0.717, 1.165) is 25.2 Å². The molecule has 0 saturated carbocycles. The molecule has 0 spiro atoms. The Morgan fingerprint density at radius 3 is 2.21 bits per heavy atom. The van der Waals surface area contributed by atoms with Crippen molar-refractivity contribution in [2.45, 2.75) is 33.2 Å². The standard InChI is InChI=1S/C31H34N2O5/c1-5-19-38-26-10-8-9-22(20-26)29(34)27-28(21-11-17-25(37-4)18-12-21)33(31(36)30(27)35)24-15-13-23(14-16-24)32(6-2)7-3/h8-18,20,28,34H,5-7,19H2,1-4H3/b29-27+. The molecule has 1 aliphatic rings. The lowest BCUT2D eigenvalue weighted by atomic mass is 9.95. The molecule has 1 amide bonds. The highest BCUT2D eigenvalue weighted by Gasteiger charge is 2.47. The minimum Gasteiger partial charge on any atom is -0.507 e. The van der Waals surface area contributed by atoms with Crippen molar-refractivity contribution < 1.29 is 24.2 Å². The topological polar surface area (TPSA) is 79.3 Å². The van der Waals surface area contributed by atoms with Crippen molar-refractivity contribution in [2.75, 3.05) is 36.6 Å². The van der Waals surface area contributed by atoms with E-state index in [-0.39, 0.29) is 11.3 Å². The molecule has 0 bridgehead atoms. The van der Waals surface area contributed by atoms with Crippen molar-refractivity contribution in [3.8, 4) is 11.5 Å². The molecule has 0 aliphatic carbocycles. The molecule has 1 atom stereocenters. The Morgan fingerprint density at radius 1 is 0.921 bits per heavy atom. The van der Waals surface area contributed by atoms with Crippen LogP contribution in [0, 0.1) is 0 Å². The Kier molecular flexibility index (Phi) is 8.36. The van der Waals surface area contributed by atoms with Crippen LogP contribution in [-0.4, -0.2) is 43.6 Å². The van der Waals surface area contributed by atoms with Crippen molar-refractivity contribution in [3.05, 3.63) is 89.5 Å². The SMILES string of the molecule is CCCOc1cccc(/C(O)=C2\C(=O)C(=O)N(c3ccc(N(CC)CC)cc3)C2c2ccc(OC)cc2)c1. The molecule has 3 aromatic rings. The fourth-order valence-corrected chi connectivity index (χ4v) is 4.72. The highest BCUT2D eigenvalue weighted by Crippen LogP contribution is 2.43. The van der Waals surface area contributed by atoms with Crippen molar-refractivity contribution in [3.63, 3.8) is 0 Å². The van der Waals surface area contributed by atoms with Crippen LogP contribution in [0.3, 0.4) is 0 Å². The van der Waals surface area contributed by atoms with Crippen LogP contribution in [0.15, 0.2) is 78.4 Å². The maximum Gasteiger partial charge on any atom is 0.300 e. The number of hydrogen-bond acceptors (Lipinski definition) is 6. The number of aliphatic hydroxyl groups excluding tert-OH is 1. The molecule has 0 radical (unpaired) electrons. The summed E-state index contributed by atoms with van der Waals surface area (Å²) < 4.78 is 11.0. The highest BCUT2D eigenvalue weighted by atomic mass is 16.5. The molecule has 1 N–H and O–H groups in total. The van der Waals surface area contributed by atoms with Gasteiger partial charge in [0.25, 0.3) is 11.7 Å². The van der Waals surface area contributed by atoms with Crippen LogP contribution >= 0.6 is 0 Å². The normalized spacial score (nSPS) is 16.5. The third-order valence-electron chi connectivity index (χ3n) is 6.71. The van der Waals surface area contributed by atoms with Crippen LogP contribution in [0.1, 0.15) is 44.4 Å². The number of anilines is 2. The van der Waals surface area contributed by atoms with Crippen molar-refractivity contribution in [2.24, 2.45) is 0 Å². The molecular weight excluding hydrogens is 480 g/mol. The molecule has 1 heterocycles. The Labute approximate surface area is 223 Å². The first kappa shape index (κ1) is 26.8. The molecule has 1 fully saturated rings. The van der Waals surface area contributed by atoms with Gasteiger partial charge in [-0.05, 0) is 74.4 Å². The number of hydrogen-bond donors (Lipinski definition) is 1. The average Bonchev–Trinajstić information content (AvgIpc) is 3.22. The van der Waals surface area contributed by atoms with Gasteiger partial charge in [-0.15, -0.1) is 0 Å². The summed E-state index contributed by atoms with van der Waals surface area (Å²) in [5.74, 6) is -0.445. The minimum atomic E-state index is -0.819. The molecule has 198 valence electrons. The second-order valence-electron chi connectivity index (χ2n) is 9.01. The minimum absolute atomic E-state index is 0.0284. The summed E-state index contributed by atoms with van der Waals surface area (Å²) in [5, 5.41) is 11.4. The summed E-state index contributed by atoms with van der Waals surface area (Å²) in [6, 6.07) is 20.9. The van der Waals surface area contributed by atoms with E-state index >= 15 is 0 Å². The third-order valence-corrected chi connectivity index (χ3v) is 6.71. The van der Waals surface area contributed by atoms with Crippen LogP contribution in [0.25, 0.3) is 5.76 Å². The van der Waals surface area contributed by atoms with Crippen LogP contribution in [0.2, 0.25) is 0 Å². The molecule has 4 rings (SSSR count). The van der Waals surface area contributed by atoms with Gasteiger partial charge in [0.2, 0.25) is 0 Å². The van der Waals surface area contributed by atoms with Crippen LogP contribution in [0.5, 0.6) is 11.5 Å². The number of Topliss-reactive ketones (excluding diaryl/α,β-unsaturated/α-hetero) is 1. The van der Waals surface area contributed by atoms with Gasteiger partial charge >= 0.3 is 0 Å². The number of amides is 1. The lowest BCUT2D eigenvalue weighted by molar-refractivity contribution is -0.132. The molecule has 0 aromatic heterocycles. The Hall–Kier alpha value is -4.26. The van der Waals surface area contributed by atoms with E-state index in [1.807, 2.05) is 31.2 Å². The maximum absolute atomic E-state index is 13.5. The molecule has 7 heteroatoms. The average molecular weight is 515 g/mol. The Bertz CT molecular complexity index is 1310. The van der Waals surface area contributed by atoms with Gasteiger partial charge in [0, 0.05) is 30.0 Å². The second kappa shape index (κ2) is 11.9. The summed E-state index contributed by atoms with van der Waals surface area (Å²) in [4.78, 5) is 30.6. The largest absolute Gasteiger partial charge is 0.507 e. The number of carbonyl (C=O) groups is 2. The Balaban J connectivity index is 1.84. The van der Waals surface area contributed by atoms with Crippen LogP contribution < -0.4 is 19.3 Å². The quantitative estimate of drug-likeness (QED) is 0.204. The number of nitrogens with zero attached hydrogens (tertiary/aromatic N) is 2. The zero-order valence-corrected chi connectivity index (χ0v) is 22.3. The molecule has 7 nitrogen and oxygen atoms in total. The predicted octanol–water partition coefficient (Wildman–Crippen LogP) is 5.96. The lowest BCUT2D eigenvalue weighted by Gasteiger charge is -2.27. The van der Waals surface area contributed by atoms with Crippen LogP contribution in [0.4, 0.5) is 11.4 Å². The fraction of sp³-hybridized carbons (Fsp3) is 0.290. The summed E-state index contributed by atoms with van der Waals surface area (Å²) in [7, 11) is 1.58. The zero-order valence-electron chi connectivity index (χ0n) is 22.3. The molecule has 1 unspecified atom stereocenters. The molecule has 1 aliphatic heterocycles. The zero-order chi connectivity index (χ0) is 27.2. The summed E-state index contributed by atoms with van der Waals surface area (Å²) in [6.45, 7) is 8.42. The number of ketones is 1. The van der Waals surface area contributed by atoms with Crippen molar-refractivity contribution in [1.29, 1.82) is 0 Å². The summed E-state index contributed by atoms with van der Waals surface area (Å²) in [6.07, 6.45) is 0.839. The van der Waals surface area contributed by atoms with Crippen molar-refractivity contribution >= 4 is 28.8 Å². The van der Waals surface area contributed by atoms with E-state index in [1.54, 1.807) is 55.6 Å². The van der Waals surface area contributed by atoms with Gasteiger partial charge in [0.15, 0.2) is 0 Å². The van der Waals surface area contributed by atoms with Gasteiger partial charge in [-0.1, -0.05) is 31.2 Å². The van der Waals surface area contributed by atoms with E-state index in [2.05, 4.69) is 18.7 Å². The number of aliphatic hydroxyl groups is 1. The molecule has 3 aromatic carbocycles. The Morgan fingerprint density at radius 2 is 1.61 bits per heavy atom. The molecule has 1 saturated heterocycles.